The van der Waals surface area contributed by atoms with E-state index in [1.165, 1.54) is 24.5 Å². The number of hydrogen-bond acceptors (Lipinski definition) is 4. The lowest BCUT2D eigenvalue weighted by Gasteiger charge is -2.04. The zero-order chi connectivity index (χ0) is 15.2. The summed E-state index contributed by atoms with van der Waals surface area (Å²) in [6, 6.07) is 4.12. The molecule has 0 saturated heterocycles. The van der Waals surface area contributed by atoms with Crippen molar-refractivity contribution in [1.82, 2.24) is 9.97 Å². The first-order valence-corrected chi connectivity index (χ1v) is 5.83. The van der Waals surface area contributed by atoms with E-state index in [0.717, 1.165) is 18.3 Å². The Bertz CT molecular complexity index is 716. The molecule has 21 heavy (non-hydrogen) atoms. The molecule has 2 N–H and O–H groups in total. The molecule has 0 aliphatic heterocycles. The first kappa shape index (κ1) is 14.3. The van der Waals surface area contributed by atoms with Crippen LogP contribution in [0.4, 0.5) is 10.2 Å². The van der Waals surface area contributed by atoms with Gasteiger partial charge in [-0.1, -0.05) is 0 Å². The van der Waals surface area contributed by atoms with Crippen molar-refractivity contribution in [1.29, 1.82) is 0 Å². The predicted octanol–water partition coefficient (Wildman–Crippen LogP) is 1.97. The van der Waals surface area contributed by atoms with Gasteiger partial charge in [0.25, 0.3) is 5.91 Å². The highest BCUT2D eigenvalue weighted by atomic mass is 19.1. The van der Waals surface area contributed by atoms with E-state index < -0.39 is 17.7 Å². The zero-order valence-electron chi connectivity index (χ0n) is 10.7. The maximum Gasteiger partial charge on any atom is 0.328 e. The fourth-order valence-electron chi connectivity index (χ4n) is 1.51. The molecule has 7 heteroatoms. The number of amides is 1. The van der Waals surface area contributed by atoms with Crippen LogP contribution in [-0.2, 0) is 4.79 Å². The lowest BCUT2D eigenvalue weighted by atomic mass is 10.2. The smallest absolute Gasteiger partial charge is 0.328 e. The number of rotatable bonds is 4. The number of carboxylic acid groups (broad SMARTS) is 1. The molecule has 2 heterocycles. The number of anilines is 1. The molecule has 106 valence electrons. The number of halogens is 1. The Hall–Kier alpha value is -3.09. The Labute approximate surface area is 119 Å². The molecule has 0 aliphatic rings. The Morgan fingerprint density at radius 2 is 2.10 bits per heavy atom. The van der Waals surface area contributed by atoms with Gasteiger partial charge in [0.15, 0.2) is 0 Å². The zero-order valence-corrected chi connectivity index (χ0v) is 10.7. The fraction of sp³-hybridized carbons (Fsp3) is 0. The molecule has 0 saturated carbocycles. The Morgan fingerprint density at radius 1 is 1.29 bits per heavy atom. The van der Waals surface area contributed by atoms with Crippen LogP contribution in [0.5, 0.6) is 0 Å². The van der Waals surface area contributed by atoms with Crippen LogP contribution >= 0.6 is 0 Å². The largest absolute Gasteiger partial charge is 0.478 e. The van der Waals surface area contributed by atoms with Crippen LogP contribution < -0.4 is 5.32 Å². The van der Waals surface area contributed by atoms with Crippen LogP contribution in [-0.4, -0.2) is 27.0 Å². The van der Waals surface area contributed by atoms with Crippen molar-refractivity contribution in [2.45, 2.75) is 0 Å². The van der Waals surface area contributed by atoms with Crippen LogP contribution in [0.25, 0.3) is 6.08 Å². The highest BCUT2D eigenvalue weighted by molar-refractivity contribution is 6.03. The molecule has 0 bridgehead atoms. The highest BCUT2D eigenvalue weighted by Crippen LogP contribution is 2.10. The molecule has 6 nitrogen and oxygen atoms in total. The minimum absolute atomic E-state index is 0.0586. The van der Waals surface area contributed by atoms with E-state index in [2.05, 4.69) is 15.3 Å². The molecule has 2 aromatic rings. The van der Waals surface area contributed by atoms with Crippen molar-refractivity contribution in [3.63, 3.8) is 0 Å². The Balaban J connectivity index is 2.14. The fourth-order valence-corrected chi connectivity index (χ4v) is 1.51. The number of aliphatic carboxylic acids is 1. The number of nitrogens with one attached hydrogen (secondary N) is 1. The molecule has 1 amide bonds. The molecule has 2 aromatic heterocycles. The number of carboxylic acids is 1. The number of aromatic nitrogens is 2. The summed E-state index contributed by atoms with van der Waals surface area (Å²) in [5, 5.41) is 11.0. The molecular formula is C14H10FN3O3. The van der Waals surface area contributed by atoms with Crippen LogP contribution in [0.2, 0.25) is 0 Å². The van der Waals surface area contributed by atoms with Gasteiger partial charge in [-0.3, -0.25) is 9.78 Å². The first-order chi connectivity index (χ1) is 10.0. The molecule has 0 spiro atoms. The molecule has 0 unspecified atom stereocenters. The van der Waals surface area contributed by atoms with E-state index in [0.29, 0.717) is 5.56 Å². The molecular weight excluding hydrogens is 277 g/mol. The summed E-state index contributed by atoms with van der Waals surface area (Å²) < 4.78 is 13.0. The van der Waals surface area contributed by atoms with Gasteiger partial charge in [-0.05, 0) is 29.8 Å². The van der Waals surface area contributed by atoms with E-state index in [1.807, 2.05) is 0 Å². The van der Waals surface area contributed by atoms with Crippen molar-refractivity contribution < 1.29 is 19.1 Å². The molecule has 0 radical (unpaired) electrons. The third kappa shape index (κ3) is 4.20. The standard InChI is InChI=1S/C14H10FN3O3/c15-11-6-10(7-16-8-11)14(21)18-12-5-9(3-4-17-12)1-2-13(19)20/h1-8H,(H,19,20)(H,17,18,21)/b2-1+. The molecule has 0 aliphatic carbocycles. The summed E-state index contributed by atoms with van der Waals surface area (Å²) in [5.74, 6) is -2.04. The summed E-state index contributed by atoms with van der Waals surface area (Å²) in [5.41, 5.74) is 0.614. The second kappa shape index (κ2) is 6.38. The van der Waals surface area contributed by atoms with Gasteiger partial charge in [-0.2, -0.15) is 0 Å². The van der Waals surface area contributed by atoms with E-state index in [1.54, 1.807) is 6.07 Å². The summed E-state index contributed by atoms with van der Waals surface area (Å²) in [4.78, 5) is 29.8. The van der Waals surface area contributed by atoms with Crippen molar-refractivity contribution in [2.24, 2.45) is 0 Å². The van der Waals surface area contributed by atoms with Crippen LogP contribution in [0.3, 0.4) is 0 Å². The van der Waals surface area contributed by atoms with Gasteiger partial charge in [-0.15, -0.1) is 0 Å². The summed E-state index contributed by atoms with van der Waals surface area (Å²) >= 11 is 0. The highest BCUT2D eigenvalue weighted by Gasteiger charge is 2.08. The van der Waals surface area contributed by atoms with Crippen molar-refractivity contribution in [3.8, 4) is 0 Å². The molecule has 2 rings (SSSR count). The minimum atomic E-state index is -1.08. The average molecular weight is 287 g/mol. The molecule has 0 fully saturated rings. The maximum atomic E-state index is 13.0. The lowest BCUT2D eigenvalue weighted by Crippen LogP contribution is -2.13. The second-order valence-electron chi connectivity index (χ2n) is 3.99. The van der Waals surface area contributed by atoms with Gasteiger partial charge in [0, 0.05) is 18.5 Å². The third-order valence-electron chi connectivity index (χ3n) is 2.41. The summed E-state index contributed by atoms with van der Waals surface area (Å²) in [6.07, 6.45) is 5.97. The SMILES string of the molecule is O=C(O)/C=C/c1ccnc(NC(=O)c2cncc(F)c2)c1. The van der Waals surface area contributed by atoms with E-state index in [-0.39, 0.29) is 11.4 Å². The lowest BCUT2D eigenvalue weighted by molar-refractivity contribution is -0.131. The topological polar surface area (TPSA) is 92.2 Å². The van der Waals surface area contributed by atoms with Gasteiger partial charge in [-0.25, -0.2) is 14.2 Å². The van der Waals surface area contributed by atoms with Gasteiger partial charge < -0.3 is 10.4 Å². The number of nitrogens with zero attached hydrogens (tertiary/aromatic N) is 2. The average Bonchev–Trinajstić information content (AvgIpc) is 2.45. The quantitative estimate of drug-likeness (QED) is 0.839. The van der Waals surface area contributed by atoms with Gasteiger partial charge in [0.05, 0.1) is 11.8 Å². The van der Waals surface area contributed by atoms with Crippen LogP contribution in [0.15, 0.2) is 42.9 Å². The van der Waals surface area contributed by atoms with Gasteiger partial charge in [0.1, 0.15) is 11.6 Å². The predicted molar refractivity (Wildman–Crippen MR) is 73.1 cm³/mol. The third-order valence-corrected chi connectivity index (χ3v) is 2.41. The number of pyridine rings is 2. The van der Waals surface area contributed by atoms with E-state index in [4.69, 9.17) is 5.11 Å². The Morgan fingerprint density at radius 3 is 2.81 bits per heavy atom. The second-order valence-corrected chi connectivity index (χ2v) is 3.99. The van der Waals surface area contributed by atoms with Crippen LogP contribution in [0, 0.1) is 5.82 Å². The van der Waals surface area contributed by atoms with Crippen molar-refractivity contribution >= 4 is 23.8 Å². The number of carbonyl (C=O) groups is 2. The molecule has 0 aromatic carbocycles. The van der Waals surface area contributed by atoms with Gasteiger partial charge in [0.2, 0.25) is 0 Å². The van der Waals surface area contributed by atoms with Gasteiger partial charge >= 0.3 is 5.97 Å². The van der Waals surface area contributed by atoms with Crippen molar-refractivity contribution in [3.05, 3.63) is 59.8 Å². The normalized spacial score (nSPS) is 10.5. The van der Waals surface area contributed by atoms with Crippen LogP contribution in [0.1, 0.15) is 15.9 Å². The Kier molecular flexibility index (Phi) is 4.35. The van der Waals surface area contributed by atoms with Crippen molar-refractivity contribution in [2.75, 3.05) is 5.32 Å². The summed E-state index contributed by atoms with van der Waals surface area (Å²) in [7, 11) is 0. The maximum absolute atomic E-state index is 13.0. The number of hydrogen-bond donors (Lipinski definition) is 2. The minimum Gasteiger partial charge on any atom is -0.478 e. The number of carbonyl (C=O) groups excluding carboxylic acids is 1. The van der Waals surface area contributed by atoms with E-state index in [9.17, 15) is 14.0 Å². The summed E-state index contributed by atoms with van der Waals surface area (Å²) in [6.45, 7) is 0. The first-order valence-electron chi connectivity index (χ1n) is 5.83. The molecule has 0 atom stereocenters. The van der Waals surface area contributed by atoms with E-state index >= 15 is 0 Å². The monoisotopic (exact) mass is 287 g/mol.